The van der Waals surface area contributed by atoms with E-state index in [1.807, 2.05) is 24.3 Å². The van der Waals surface area contributed by atoms with Crippen LogP contribution in [0.2, 0.25) is 0 Å². The number of benzene rings is 2. The summed E-state index contributed by atoms with van der Waals surface area (Å²) < 4.78 is 24.1. The van der Waals surface area contributed by atoms with Gasteiger partial charge in [-0.3, -0.25) is 0 Å². The number of methoxy groups -OCH3 is 1. The summed E-state index contributed by atoms with van der Waals surface area (Å²) in [6, 6.07) is 13.5. The fraction of sp³-hybridized carbons (Fsp3) is 0.222. The van der Waals surface area contributed by atoms with Crippen molar-refractivity contribution in [3.05, 3.63) is 65.7 Å². The van der Waals surface area contributed by atoms with Gasteiger partial charge in [-0.05, 0) is 42.0 Å². The molecule has 1 aromatic heterocycles. The Morgan fingerprint density at radius 2 is 2.09 bits per heavy atom. The molecule has 0 fully saturated rings. The van der Waals surface area contributed by atoms with E-state index in [0.717, 1.165) is 16.7 Å². The Kier molecular flexibility index (Phi) is 4.60. The molecular weight excluding hydrogens is 297 g/mol. The number of fused-ring (bicyclic) bond motifs is 1. The van der Waals surface area contributed by atoms with Crippen LogP contribution in [0, 0.1) is 5.82 Å². The number of hydrogen-bond donors (Lipinski definition) is 2. The maximum absolute atomic E-state index is 13.2. The van der Waals surface area contributed by atoms with Gasteiger partial charge in [-0.1, -0.05) is 12.1 Å². The maximum Gasteiger partial charge on any atom is 0.134 e. The van der Waals surface area contributed by atoms with E-state index in [-0.39, 0.29) is 18.5 Å². The SMILES string of the molecule is COc1cccc(C(CO)NCc2cc3cc(F)ccc3o2)c1. The summed E-state index contributed by atoms with van der Waals surface area (Å²) in [5.41, 5.74) is 1.57. The molecule has 4 nitrogen and oxygen atoms in total. The number of furan rings is 1. The van der Waals surface area contributed by atoms with E-state index >= 15 is 0 Å². The predicted octanol–water partition coefficient (Wildman–Crippen LogP) is 3.40. The topological polar surface area (TPSA) is 54.6 Å². The van der Waals surface area contributed by atoms with Gasteiger partial charge in [0, 0.05) is 5.39 Å². The van der Waals surface area contributed by atoms with Gasteiger partial charge in [-0.25, -0.2) is 4.39 Å². The minimum Gasteiger partial charge on any atom is -0.497 e. The normalized spacial score (nSPS) is 12.5. The minimum absolute atomic E-state index is 0.0535. The van der Waals surface area contributed by atoms with Gasteiger partial charge in [0.1, 0.15) is 22.9 Å². The number of aliphatic hydroxyl groups excluding tert-OH is 1. The largest absolute Gasteiger partial charge is 0.497 e. The molecule has 1 heterocycles. The highest BCUT2D eigenvalue weighted by Crippen LogP contribution is 2.22. The van der Waals surface area contributed by atoms with Crippen molar-refractivity contribution in [3.8, 4) is 5.75 Å². The fourth-order valence-corrected chi connectivity index (χ4v) is 2.53. The molecule has 0 bridgehead atoms. The van der Waals surface area contributed by atoms with Crippen molar-refractivity contribution in [1.82, 2.24) is 5.32 Å². The Morgan fingerprint density at radius 3 is 2.87 bits per heavy atom. The summed E-state index contributed by atoms with van der Waals surface area (Å²) in [4.78, 5) is 0. The van der Waals surface area contributed by atoms with Crippen molar-refractivity contribution in [1.29, 1.82) is 0 Å². The highest BCUT2D eigenvalue weighted by atomic mass is 19.1. The molecule has 120 valence electrons. The summed E-state index contributed by atoms with van der Waals surface area (Å²) >= 11 is 0. The third-order valence-electron chi connectivity index (χ3n) is 3.73. The zero-order valence-electron chi connectivity index (χ0n) is 12.8. The summed E-state index contributed by atoms with van der Waals surface area (Å²) in [6.45, 7) is 0.376. The van der Waals surface area contributed by atoms with Crippen molar-refractivity contribution in [2.24, 2.45) is 0 Å². The molecule has 0 saturated carbocycles. The van der Waals surface area contributed by atoms with Crippen molar-refractivity contribution in [3.63, 3.8) is 0 Å². The second-order valence-corrected chi connectivity index (χ2v) is 5.29. The third kappa shape index (κ3) is 3.52. The monoisotopic (exact) mass is 315 g/mol. The molecule has 5 heteroatoms. The zero-order chi connectivity index (χ0) is 16.2. The van der Waals surface area contributed by atoms with Crippen molar-refractivity contribution in [2.45, 2.75) is 12.6 Å². The zero-order valence-corrected chi connectivity index (χ0v) is 12.8. The van der Waals surface area contributed by atoms with Gasteiger partial charge in [0.25, 0.3) is 0 Å². The Bertz CT molecular complexity index is 800. The summed E-state index contributed by atoms with van der Waals surface area (Å²) in [5.74, 6) is 1.14. The van der Waals surface area contributed by atoms with Crippen LogP contribution in [0.15, 0.2) is 52.9 Å². The molecule has 3 aromatic rings. The van der Waals surface area contributed by atoms with Crippen LogP contribution in [-0.4, -0.2) is 18.8 Å². The minimum atomic E-state index is -0.289. The summed E-state index contributed by atoms with van der Waals surface area (Å²) in [5, 5.41) is 13.6. The Balaban J connectivity index is 1.73. The second-order valence-electron chi connectivity index (χ2n) is 5.29. The summed E-state index contributed by atoms with van der Waals surface area (Å²) in [7, 11) is 1.61. The molecule has 0 aliphatic heterocycles. The van der Waals surface area contributed by atoms with E-state index in [4.69, 9.17) is 9.15 Å². The molecular formula is C18H18FNO3. The second kappa shape index (κ2) is 6.81. The number of nitrogens with one attached hydrogen (secondary N) is 1. The predicted molar refractivity (Wildman–Crippen MR) is 85.8 cm³/mol. The molecule has 0 aliphatic carbocycles. The van der Waals surface area contributed by atoms with Gasteiger partial charge in [0.05, 0.1) is 26.3 Å². The van der Waals surface area contributed by atoms with Crippen molar-refractivity contribution >= 4 is 11.0 Å². The molecule has 0 saturated heterocycles. The highest BCUT2D eigenvalue weighted by Gasteiger charge is 2.12. The van der Waals surface area contributed by atoms with Crippen LogP contribution in [0.25, 0.3) is 11.0 Å². The smallest absolute Gasteiger partial charge is 0.134 e. The van der Waals surface area contributed by atoms with Gasteiger partial charge in [-0.2, -0.15) is 0 Å². The first-order chi connectivity index (χ1) is 11.2. The van der Waals surface area contributed by atoms with E-state index < -0.39 is 0 Å². The van der Waals surface area contributed by atoms with Gasteiger partial charge in [0.2, 0.25) is 0 Å². The van der Waals surface area contributed by atoms with Gasteiger partial charge < -0.3 is 19.6 Å². The van der Waals surface area contributed by atoms with Crippen LogP contribution in [0.5, 0.6) is 5.75 Å². The number of hydrogen-bond acceptors (Lipinski definition) is 4. The molecule has 1 atom stereocenters. The number of aliphatic hydroxyl groups is 1. The summed E-state index contributed by atoms with van der Waals surface area (Å²) in [6.07, 6.45) is 0. The molecule has 2 N–H and O–H groups in total. The lowest BCUT2D eigenvalue weighted by molar-refractivity contribution is 0.241. The molecule has 0 amide bonds. The lowest BCUT2D eigenvalue weighted by Crippen LogP contribution is -2.23. The van der Waals surface area contributed by atoms with Crippen LogP contribution in [0.3, 0.4) is 0 Å². The van der Waals surface area contributed by atoms with E-state index in [1.54, 1.807) is 19.2 Å². The Labute approximate surface area is 133 Å². The molecule has 0 aliphatic rings. The average Bonchev–Trinajstić information content (AvgIpc) is 2.97. The maximum atomic E-state index is 13.2. The van der Waals surface area contributed by atoms with Crippen LogP contribution in [0.4, 0.5) is 4.39 Å². The van der Waals surface area contributed by atoms with E-state index in [9.17, 15) is 9.50 Å². The van der Waals surface area contributed by atoms with Crippen molar-refractivity contribution < 1.29 is 18.7 Å². The Morgan fingerprint density at radius 1 is 1.22 bits per heavy atom. The molecule has 0 radical (unpaired) electrons. The van der Waals surface area contributed by atoms with E-state index in [1.165, 1.54) is 12.1 Å². The van der Waals surface area contributed by atoms with Crippen LogP contribution < -0.4 is 10.1 Å². The van der Waals surface area contributed by atoms with Crippen LogP contribution >= 0.6 is 0 Å². The standard InChI is InChI=1S/C18H18FNO3/c1-22-15-4-2-3-12(8-15)17(11-21)20-10-16-9-13-7-14(19)5-6-18(13)23-16/h2-9,17,20-21H,10-11H2,1H3. The molecule has 23 heavy (non-hydrogen) atoms. The lowest BCUT2D eigenvalue weighted by Gasteiger charge is -2.16. The van der Waals surface area contributed by atoms with Gasteiger partial charge in [0.15, 0.2) is 0 Å². The lowest BCUT2D eigenvalue weighted by atomic mass is 10.1. The third-order valence-corrected chi connectivity index (χ3v) is 3.73. The fourth-order valence-electron chi connectivity index (χ4n) is 2.53. The molecule has 1 unspecified atom stereocenters. The molecule has 0 spiro atoms. The van der Waals surface area contributed by atoms with Gasteiger partial charge >= 0.3 is 0 Å². The van der Waals surface area contributed by atoms with Crippen molar-refractivity contribution in [2.75, 3.05) is 13.7 Å². The van der Waals surface area contributed by atoms with E-state index in [0.29, 0.717) is 17.9 Å². The first-order valence-corrected chi connectivity index (χ1v) is 7.36. The quantitative estimate of drug-likeness (QED) is 0.732. The van der Waals surface area contributed by atoms with E-state index in [2.05, 4.69) is 5.32 Å². The molecule has 3 rings (SSSR count). The van der Waals surface area contributed by atoms with Crippen LogP contribution in [-0.2, 0) is 6.54 Å². The first-order valence-electron chi connectivity index (χ1n) is 7.36. The average molecular weight is 315 g/mol. The number of ether oxygens (including phenoxy) is 1. The van der Waals surface area contributed by atoms with Crippen LogP contribution in [0.1, 0.15) is 17.4 Å². The van der Waals surface area contributed by atoms with Gasteiger partial charge in [-0.15, -0.1) is 0 Å². The first kappa shape index (κ1) is 15.5. The number of rotatable bonds is 6. The Hall–Kier alpha value is -2.37. The number of halogens is 1. The molecule has 2 aromatic carbocycles. The highest BCUT2D eigenvalue weighted by molar-refractivity contribution is 5.77.